The highest BCUT2D eigenvalue weighted by Crippen LogP contribution is 2.19. The largest absolute Gasteiger partial charge is 0.468 e. The number of carbonyl (C=O) groups is 1. The molecule has 0 bridgehead atoms. The number of carbonyl (C=O) groups excluding carboxylic acids is 1. The van der Waals surface area contributed by atoms with Crippen LogP contribution in [0.3, 0.4) is 0 Å². The zero-order valence-electron chi connectivity index (χ0n) is 13.7. The number of aromatic nitrogens is 4. The van der Waals surface area contributed by atoms with Gasteiger partial charge in [0, 0.05) is 32.7 Å². The SMILES string of the molecule is CCn1c(SCC(=O)OC)nc2nc(N3CCNCC3)[nH]c2c1=O. The Morgan fingerprint density at radius 2 is 2.08 bits per heavy atom. The fourth-order valence-electron chi connectivity index (χ4n) is 2.55. The maximum atomic E-state index is 12.7. The molecule has 0 atom stereocenters. The van der Waals surface area contributed by atoms with Gasteiger partial charge in [0.05, 0.1) is 12.9 Å². The maximum Gasteiger partial charge on any atom is 0.316 e. The third kappa shape index (κ3) is 3.24. The number of aromatic amines is 1. The van der Waals surface area contributed by atoms with Crippen molar-refractivity contribution in [2.24, 2.45) is 0 Å². The molecule has 0 aromatic carbocycles. The number of rotatable bonds is 5. The van der Waals surface area contributed by atoms with Crippen LogP contribution in [-0.4, -0.2) is 64.5 Å². The van der Waals surface area contributed by atoms with Gasteiger partial charge in [0.25, 0.3) is 5.56 Å². The summed E-state index contributed by atoms with van der Waals surface area (Å²) in [7, 11) is 1.33. The molecule has 1 aliphatic heterocycles. The number of esters is 1. The number of H-pyrrole nitrogens is 1. The highest BCUT2D eigenvalue weighted by atomic mass is 32.2. The van der Waals surface area contributed by atoms with E-state index in [0.717, 1.165) is 26.2 Å². The number of hydrogen-bond acceptors (Lipinski definition) is 8. The molecule has 3 rings (SSSR count). The smallest absolute Gasteiger partial charge is 0.316 e. The number of imidazole rings is 1. The van der Waals surface area contributed by atoms with Crippen molar-refractivity contribution < 1.29 is 9.53 Å². The first-order chi connectivity index (χ1) is 11.6. The lowest BCUT2D eigenvalue weighted by Crippen LogP contribution is -2.44. The van der Waals surface area contributed by atoms with E-state index in [0.29, 0.717) is 28.8 Å². The Morgan fingerprint density at radius 3 is 2.75 bits per heavy atom. The molecular formula is C14H20N6O3S. The van der Waals surface area contributed by atoms with Crippen molar-refractivity contribution in [3.8, 4) is 0 Å². The average molecular weight is 352 g/mol. The number of nitrogens with zero attached hydrogens (tertiary/aromatic N) is 4. The van der Waals surface area contributed by atoms with Crippen molar-refractivity contribution in [2.75, 3.05) is 43.9 Å². The highest BCUT2D eigenvalue weighted by molar-refractivity contribution is 7.99. The van der Waals surface area contributed by atoms with E-state index in [1.807, 2.05) is 6.92 Å². The molecule has 0 aliphatic carbocycles. The second kappa shape index (κ2) is 7.22. The minimum Gasteiger partial charge on any atom is -0.468 e. The first kappa shape index (κ1) is 16.8. The molecule has 2 aromatic heterocycles. The fraction of sp³-hybridized carbons (Fsp3) is 0.571. The van der Waals surface area contributed by atoms with E-state index < -0.39 is 0 Å². The Bertz CT molecular complexity index is 796. The minimum absolute atomic E-state index is 0.101. The Kier molecular flexibility index (Phi) is 5.05. The molecule has 130 valence electrons. The molecule has 0 radical (unpaired) electrons. The summed E-state index contributed by atoms with van der Waals surface area (Å²) in [5.41, 5.74) is 0.599. The van der Waals surface area contributed by atoms with Crippen molar-refractivity contribution in [3.63, 3.8) is 0 Å². The van der Waals surface area contributed by atoms with Crippen LogP contribution in [0.4, 0.5) is 5.95 Å². The lowest BCUT2D eigenvalue weighted by molar-refractivity contribution is -0.137. The second-order valence-electron chi connectivity index (χ2n) is 5.30. The van der Waals surface area contributed by atoms with Gasteiger partial charge in [0.1, 0.15) is 0 Å². The summed E-state index contributed by atoms with van der Waals surface area (Å²) in [5.74, 6) is 0.401. The first-order valence-corrected chi connectivity index (χ1v) is 8.78. The van der Waals surface area contributed by atoms with Crippen molar-refractivity contribution in [1.82, 2.24) is 24.8 Å². The molecule has 2 N–H and O–H groups in total. The van der Waals surface area contributed by atoms with E-state index in [1.54, 1.807) is 0 Å². The zero-order chi connectivity index (χ0) is 17.1. The van der Waals surface area contributed by atoms with Gasteiger partial charge in [-0.25, -0.2) is 4.98 Å². The zero-order valence-corrected chi connectivity index (χ0v) is 14.5. The summed E-state index contributed by atoms with van der Waals surface area (Å²) in [6, 6.07) is 0. The number of thioether (sulfide) groups is 1. The van der Waals surface area contributed by atoms with E-state index in [9.17, 15) is 9.59 Å². The molecule has 10 heteroatoms. The minimum atomic E-state index is -0.361. The lowest BCUT2D eigenvalue weighted by Gasteiger charge is -2.26. The second-order valence-corrected chi connectivity index (χ2v) is 6.25. The van der Waals surface area contributed by atoms with Crippen LogP contribution >= 0.6 is 11.8 Å². The maximum absolute atomic E-state index is 12.7. The number of ether oxygens (including phenoxy) is 1. The van der Waals surface area contributed by atoms with Gasteiger partial charge >= 0.3 is 5.97 Å². The number of hydrogen-bond donors (Lipinski definition) is 2. The summed E-state index contributed by atoms with van der Waals surface area (Å²) < 4.78 is 6.17. The molecule has 1 fully saturated rings. The molecule has 0 saturated carbocycles. The molecule has 0 amide bonds. The predicted octanol–water partition coefficient (Wildman–Crippen LogP) is -0.186. The molecule has 2 aromatic rings. The van der Waals surface area contributed by atoms with Gasteiger partial charge in [-0.15, -0.1) is 0 Å². The lowest BCUT2D eigenvalue weighted by atomic mass is 10.4. The van der Waals surface area contributed by atoms with Gasteiger partial charge < -0.3 is 19.9 Å². The molecule has 0 unspecified atom stereocenters. The number of nitrogens with one attached hydrogen (secondary N) is 2. The molecule has 1 saturated heterocycles. The summed E-state index contributed by atoms with van der Waals surface area (Å²) in [5, 5.41) is 3.75. The molecule has 0 spiro atoms. The quantitative estimate of drug-likeness (QED) is 0.434. The first-order valence-electron chi connectivity index (χ1n) is 7.80. The average Bonchev–Trinajstić information content (AvgIpc) is 3.05. The van der Waals surface area contributed by atoms with Crippen LogP contribution in [0.25, 0.3) is 11.2 Å². The third-order valence-corrected chi connectivity index (χ3v) is 4.79. The predicted molar refractivity (Wildman–Crippen MR) is 91.6 cm³/mol. The summed E-state index contributed by atoms with van der Waals surface area (Å²) in [4.78, 5) is 38.2. The van der Waals surface area contributed by atoms with Crippen molar-refractivity contribution in [1.29, 1.82) is 0 Å². The number of methoxy groups -OCH3 is 1. The topological polar surface area (TPSA) is 105 Å². The Balaban J connectivity index is 1.97. The molecule has 24 heavy (non-hydrogen) atoms. The Labute approximate surface area is 142 Å². The molecule has 9 nitrogen and oxygen atoms in total. The van der Waals surface area contributed by atoms with Gasteiger partial charge in [0.15, 0.2) is 16.3 Å². The van der Waals surface area contributed by atoms with Crippen LogP contribution < -0.4 is 15.8 Å². The van der Waals surface area contributed by atoms with Gasteiger partial charge in [0.2, 0.25) is 5.95 Å². The van der Waals surface area contributed by atoms with Crippen molar-refractivity contribution in [3.05, 3.63) is 10.4 Å². The van der Waals surface area contributed by atoms with E-state index in [2.05, 4.69) is 29.9 Å². The van der Waals surface area contributed by atoms with Crippen LogP contribution in [0, 0.1) is 0 Å². The van der Waals surface area contributed by atoms with E-state index >= 15 is 0 Å². The molecular weight excluding hydrogens is 332 g/mol. The van der Waals surface area contributed by atoms with E-state index in [-0.39, 0.29) is 17.3 Å². The molecule has 1 aliphatic rings. The van der Waals surface area contributed by atoms with Gasteiger partial charge in [-0.2, -0.15) is 4.98 Å². The van der Waals surface area contributed by atoms with Crippen LogP contribution in [0.1, 0.15) is 6.92 Å². The number of anilines is 1. The fourth-order valence-corrected chi connectivity index (χ4v) is 3.44. The van der Waals surface area contributed by atoms with Crippen LogP contribution in [0.5, 0.6) is 0 Å². The highest BCUT2D eigenvalue weighted by Gasteiger charge is 2.19. The van der Waals surface area contributed by atoms with Crippen molar-refractivity contribution >= 4 is 34.8 Å². The normalized spacial score (nSPS) is 15.0. The Hall–Kier alpha value is -2.07. The van der Waals surface area contributed by atoms with Gasteiger partial charge in [-0.1, -0.05) is 11.8 Å². The van der Waals surface area contributed by atoms with E-state index in [1.165, 1.54) is 23.4 Å². The van der Waals surface area contributed by atoms with Gasteiger partial charge in [-0.05, 0) is 6.92 Å². The monoisotopic (exact) mass is 352 g/mol. The van der Waals surface area contributed by atoms with Crippen LogP contribution in [0.2, 0.25) is 0 Å². The molecule has 3 heterocycles. The number of fused-ring (bicyclic) bond motifs is 1. The van der Waals surface area contributed by atoms with Crippen LogP contribution in [0.15, 0.2) is 9.95 Å². The Morgan fingerprint density at radius 1 is 1.33 bits per heavy atom. The van der Waals surface area contributed by atoms with Crippen LogP contribution in [-0.2, 0) is 16.1 Å². The standard InChI is InChI=1S/C14H20N6O3S/c1-3-20-12(22)10-11(18-14(20)24-8-9(21)23-2)17-13(16-10)19-6-4-15-5-7-19/h15H,3-8H2,1-2H3,(H,16,17). The van der Waals surface area contributed by atoms with E-state index in [4.69, 9.17) is 0 Å². The van der Waals surface area contributed by atoms with Gasteiger partial charge in [-0.3, -0.25) is 14.2 Å². The summed E-state index contributed by atoms with van der Waals surface area (Å²) in [6.45, 7) is 5.74. The summed E-state index contributed by atoms with van der Waals surface area (Å²) in [6.07, 6.45) is 0. The third-order valence-electron chi connectivity index (χ3n) is 3.84. The number of piperazine rings is 1. The van der Waals surface area contributed by atoms with Crippen molar-refractivity contribution in [2.45, 2.75) is 18.6 Å². The summed E-state index contributed by atoms with van der Waals surface area (Å²) >= 11 is 1.18.